The number of rotatable bonds is 3. The highest BCUT2D eigenvalue weighted by molar-refractivity contribution is 5.79. The van der Waals surface area contributed by atoms with Crippen LogP contribution in [0.15, 0.2) is 18.2 Å². The first-order valence-corrected chi connectivity index (χ1v) is 8.55. The van der Waals surface area contributed by atoms with E-state index < -0.39 is 11.7 Å². The van der Waals surface area contributed by atoms with E-state index >= 15 is 0 Å². The van der Waals surface area contributed by atoms with Crippen molar-refractivity contribution >= 4 is 11.6 Å². The predicted molar refractivity (Wildman–Crippen MR) is 86.7 cm³/mol. The second-order valence-corrected chi connectivity index (χ2v) is 6.77. The molecule has 1 aromatic carbocycles. The molecule has 1 heterocycles. The molecule has 0 bridgehead atoms. The molecule has 1 aromatic rings. The number of amides is 1. The van der Waals surface area contributed by atoms with E-state index in [0.717, 1.165) is 31.7 Å². The second kappa shape index (κ2) is 6.95. The number of nitrogens with zero attached hydrogens (tertiary/aromatic N) is 2. The third kappa shape index (κ3) is 3.89. The molecule has 0 aromatic heterocycles. The van der Waals surface area contributed by atoms with Gasteiger partial charge in [-0.1, -0.05) is 12.8 Å². The van der Waals surface area contributed by atoms with Crippen LogP contribution in [0.5, 0.6) is 0 Å². The normalized spacial score (nSPS) is 21.4. The standard InChI is InChI=1S/C18H20F3N3O/c19-18(20,21)15-6-5-12(10-22)9-16(15)23-14-7-8-24(11-14)17(25)13-3-1-2-4-13/h5-6,9,13-14,23H,1-4,7-8,11H2. The Kier molecular flexibility index (Phi) is 4.89. The molecule has 134 valence electrons. The van der Waals surface area contributed by atoms with Crippen molar-refractivity contribution in [2.75, 3.05) is 18.4 Å². The number of nitrogens with one attached hydrogen (secondary N) is 1. The van der Waals surface area contributed by atoms with Gasteiger partial charge in [0.1, 0.15) is 0 Å². The van der Waals surface area contributed by atoms with Gasteiger partial charge in [-0.2, -0.15) is 18.4 Å². The van der Waals surface area contributed by atoms with E-state index in [0.29, 0.717) is 19.5 Å². The molecule has 3 rings (SSSR count). The topological polar surface area (TPSA) is 56.1 Å². The zero-order valence-electron chi connectivity index (χ0n) is 13.8. The summed E-state index contributed by atoms with van der Waals surface area (Å²) in [5.74, 6) is 0.204. The number of hydrogen-bond donors (Lipinski definition) is 1. The molecule has 1 saturated heterocycles. The van der Waals surface area contributed by atoms with Crippen molar-refractivity contribution in [3.63, 3.8) is 0 Å². The minimum Gasteiger partial charge on any atom is -0.380 e. The summed E-state index contributed by atoms with van der Waals surface area (Å²) >= 11 is 0. The molecule has 7 heteroatoms. The molecule has 2 fully saturated rings. The minimum absolute atomic E-state index is 0.0754. The molecule has 1 saturated carbocycles. The highest BCUT2D eigenvalue weighted by Gasteiger charge is 2.36. The van der Waals surface area contributed by atoms with Crippen LogP contribution >= 0.6 is 0 Å². The van der Waals surface area contributed by atoms with Crippen LogP contribution in [0, 0.1) is 17.2 Å². The largest absolute Gasteiger partial charge is 0.418 e. The number of nitriles is 1. The first kappa shape index (κ1) is 17.6. The molecule has 2 aliphatic rings. The van der Waals surface area contributed by atoms with Gasteiger partial charge in [0.2, 0.25) is 5.91 Å². The van der Waals surface area contributed by atoms with Crippen molar-refractivity contribution in [3.05, 3.63) is 29.3 Å². The monoisotopic (exact) mass is 351 g/mol. The van der Waals surface area contributed by atoms with Crippen LogP contribution < -0.4 is 5.32 Å². The van der Waals surface area contributed by atoms with Gasteiger partial charge in [0, 0.05) is 30.7 Å². The van der Waals surface area contributed by atoms with Gasteiger partial charge in [0.05, 0.1) is 17.2 Å². The molecule has 1 aliphatic carbocycles. The van der Waals surface area contributed by atoms with Crippen molar-refractivity contribution in [3.8, 4) is 6.07 Å². The molecule has 4 nitrogen and oxygen atoms in total. The van der Waals surface area contributed by atoms with E-state index in [2.05, 4.69) is 5.32 Å². The van der Waals surface area contributed by atoms with Crippen LogP contribution in [0.4, 0.5) is 18.9 Å². The lowest BCUT2D eigenvalue weighted by Gasteiger charge is -2.22. The maximum absolute atomic E-state index is 13.2. The first-order chi connectivity index (χ1) is 11.9. The van der Waals surface area contributed by atoms with Crippen LogP contribution in [0.2, 0.25) is 0 Å². The number of likely N-dealkylation sites (tertiary alicyclic amines) is 1. The maximum Gasteiger partial charge on any atom is 0.418 e. The SMILES string of the molecule is N#Cc1ccc(C(F)(F)F)c(NC2CCN(C(=O)C3CCCC3)C2)c1. The Morgan fingerprint density at radius 1 is 1.24 bits per heavy atom. The fourth-order valence-electron chi connectivity index (χ4n) is 3.71. The van der Waals surface area contributed by atoms with Gasteiger partial charge in [-0.15, -0.1) is 0 Å². The molecule has 1 N–H and O–H groups in total. The fourth-order valence-corrected chi connectivity index (χ4v) is 3.71. The number of benzene rings is 1. The number of carbonyl (C=O) groups is 1. The van der Waals surface area contributed by atoms with Crippen LogP contribution in [0.1, 0.15) is 43.2 Å². The molecule has 25 heavy (non-hydrogen) atoms. The third-order valence-electron chi connectivity index (χ3n) is 5.02. The van der Waals surface area contributed by atoms with Gasteiger partial charge in [-0.05, 0) is 37.5 Å². The van der Waals surface area contributed by atoms with Gasteiger partial charge in [-0.3, -0.25) is 4.79 Å². The van der Waals surface area contributed by atoms with Crippen molar-refractivity contribution in [1.29, 1.82) is 5.26 Å². The summed E-state index contributed by atoms with van der Waals surface area (Å²) in [6, 6.07) is 4.95. The quantitative estimate of drug-likeness (QED) is 0.902. The highest BCUT2D eigenvalue weighted by Crippen LogP contribution is 2.36. The average Bonchev–Trinajstić information content (AvgIpc) is 3.25. The Balaban J connectivity index is 1.71. The van der Waals surface area contributed by atoms with Crippen LogP contribution in [0.25, 0.3) is 0 Å². The Labute approximate surface area is 144 Å². The Bertz CT molecular complexity index is 690. The number of halogens is 3. The summed E-state index contributed by atoms with van der Waals surface area (Å²) < 4.78 is 39.5. The predicted octanol–water partition coefficient (Wildman–Crippen LogP) is 3.78. The van der Waals surface area contributed by atoms with Crippen molar-refractivity contribution in [2.24, 2.45) is 5.92 Å². The van der Waals surface area contributed by atoms with Crippen molar-refractivity contribution < 1.29 is 18.0 Å². The van der Waals surface area contributed by atoms with E-state index in [4.69, 9.17) is 5.26 Å². The van der Waals surface area contributed by atoms with E-state index in [1.54, 1.807) is 4.90 Å². The molecular formula is C18H20F3N3O. The zero-order valence-corrected chi connectivity index (χ0v) is 13.8. The molecule has 0 spiro atoms. The first-order valence-electron chi connectivity index (χ1n) is 8.55. The second-order valence-electron chi connectivity index (χ2n) is 6.77. The maximum atomic E-state index is 13.2. The molecule has 1 unspecified atom stereocenters. The lowest BCUT2D eigenvalue weighted by atomic mass is 10.1. The Hall–Kier alpha value is -2.23. The molecular weight excluding hydrogens is 331 g/mol. The Morgan fingerprint density at radius 2 is 1.96 bits per heavy atom. The lowest BCUT2D eigenvalue weighted by molar-refractivity contribution is -0.137. The van der Waals surface area contributed by atoms with E-state index in [1.807, 2.05) is 6.07 Å². The summed E-state index contributed by atoms with van der Waals surface area (Å²) in [6.07, 6.45) is 0.0795. The summed E-state index contributed by atoms with van der Waals surface area (Å²) in [7, 11) is 0. The lowest BCUT2D eigenvalue weighted by Crippen LogP contribution is -2.35. The summed E-state index contributed by atoms with van der Waals surface area (Å²) in [6.45, 7) is 0.968. The number of carbonyl (C=O) groups excluding carboxylic acids is 1. The smallest absolute Gasteiger partial charge is 0.380 e. The highest BCUT2D eigenvalue weighted by atomic mass is 19.4. The van der Waals surface area contributed by atoms with Crippen LogP contribution in [-0.2, 0) is 11.0 Å². The van der Waals surface area contributed by atoms with Crippen molar-refractivity contribution in [1.82, 2.24) is 4.90 Å². The molecule has 1 amide bonds. The summed E-state index contributed by atoms with van der Waals surface area (Å²) in [5.41, 5.74) is -0.703. The number of hydrogen-bond acceptors (Lipinski definition) is 3. The van der Waals surface area contributed by atoms with Crippen LogP contribution in [0.3, 0.4) is 0 Å². The van der Waals surface area contributed by atoms with Gasteiger partial charge in [0.15, 0.2) is 0 Å². The van der Waals surface area contributed by atoms with Gasteiger partial charge < -0.3 is 10.2 Å². The van der Waals surface area contributed by atoms with Gasteiger partial charge in [0.25, 0.3) is 0 Å². The Morgan fingerprint density at radius 3 is 2.60 bits per heavy atom. The van der Waals surface area contributed by atoms with Gasteiger partial charge >= 0.3 is 6.18 Å². The van der Waals surface area contributed by atoms with E-state index in [-0.39, 0.29) is 29.1 Å². The van der Waals surface area contributed by atoms with Crippen molar-refractivity contribution in [2.45, 2.75) is 44.3 Å². The summed E-state index contributed by atoms with van der Waals surface area (Å²) in [4.78, 5) is 14.2. The van der Waals surface area contributed by atoms with E-state index in [9.17, 15) is 18.0 Å². The number of alkyl halides is 3. The zero-order chi connectivity index (χ0) is 18.0. The molecule has 0 radical (unpaired) electrons. The molecule has 1 aliphatic heterocycles. The average molecular weight is 351 g/mol. The fraction of sp³-hybridized carbons (Fsp3) is 0.556. The number of anilines is 1. The van der Waals surface area contributed by atoms with Crippen LogP contribution in [-0.4, -0.2) is 29.9 Å². The minimum atomic E-state index is -4.49. The third-order valence-corrected chi connectivity index (χ3v) is 5.02. The summed E-state index contributed by atoms with van der Waals surface area (Å²) in [5, 5.41) is 11.8. The van der Waals surface area contributed by atoms with E-state index in [1.165, 1.54) is 12.1 Å². The molecule has 1 atom stereocenters. The van der Waals surface area contributed by atoms with Gasteiger partial charge in [-0.25, -0.2) is 0 Å².